The van der Waals surface area contributed by atoms with Crippen LogP contribution in [0.25, 0.3) is 0 Å². The molecule has 1 N–H and O–H groups in total. The van der Waals surface area contributed by atoms with E-state index in [0.29, 0.717) is 0 Å². The fourth-order valence-electron chi connectivity index (χ4n) is 2.82. The minimum Gasteiger partial charge on any atom is -0.314 e. The zero-order chi connectivity index (χ0) is 15.7. The van der Waals surface area contributed by atoms with Crippen molar-refractivity contribution in [2.75, 3.05) is 20.1 Å². The molecule has 1 saturated heterocycles. The van der Waals surface area contributed by atoms with Crippen LogP contribution in [0.3, 0.4) is 0 Å². The number of likely N-dealkylation sites (tertiary alicyclic amines) is 1. The predicted molar refractivity (Wildman–Crippen MR) is 78.1 cm³/mol. The van der Waals surface area contributed by atoms with Crippen molar-refractivity contribution in [3.63, 3.8) is 0 Å². The first-order chi connectivity index (χ1) is 9.75. The van der Waals surface area contributed by atoms with Gasteiger partial charge in [-0.3, -0.25) is 4.90 Å². The van der Waals surface area contributed by atoms with Crippen molar-refractivity contribution < 1.29 is 13.2 Å². The molecule has 21 heavy (non-hydrogen) atoms. The summed E-state index contributed by atoms with van der Waals surface area (Å²) < 4.78 is 37.7. The highest BCUT2D eigenvalue weighted by Gasteiger charge is 2.32. The number of hydrogen-bond donors (Lipinski definition) is 1. The number of nitrogens with zero attached hydrogens (tertiary/aromatic N) is 1. The van der Waals surface area contributed by atoms with Crippen LogP contribution in [-0.4, -0.2) is 30.6 Å². The average Bonchev–Trinajstić information content (AvgIpc) is 2.47. The van der Waals surface area contributed by atoms with Gasteiger partial charge < -0.3 is 5.32 Å². The van der Waals surface area contributed by atoms with Gasteiger partial charge >= 0.3 is 6.18 Å². The van der Waals surface area contributed by atoms with Gasteiger partial charge in [0.2, 0.25) is 0 Å². The minimum atomic E-state index is -4.26. The van der Waals surface area contributed by atoms with E-state index < -0.39 is 11.7 Å². The summed E-state index contributed by atoms with van der Waals surface area (Å²) in [4.78, 5) is 2.34. The molecule has 0 bridgehead atoms. The van der Waals surface area contributed by atoms with Crippen molar-refractivity contribution in [3.05, 3.63) is 35.4 Å². The Labute approximate surface area is 124 Å². The number of rotatable bonds is 3. The molecule has 1 unspecified atom stereocenters. The smallest absolute Gasteiger partial charge is 0.314 e. The quantitative estimate of drug-likeness (QED) is 0.912. The molecule has 1 aliphatic heterocycles. The zero-order valence-electron chi connectivity index (χ0n) is 12.8. The summed E-state index contributed by atoms with van der Waals surface area (Å²) in [6.07, 6.45) is -2.16. The second-order valence-corrected chi connectivity index (χ2v) is 6.14. The van der Waals surface area contributed by atoms with Gasteiger partial charge in [-0.05, 0) is 51.4 Å². The van der Waals surface area contributed by atoms with Crippen molar-refractivity contribution in [1.29, 1.82) is 0 Å². The maximum absolute atomic E-state index is 12.6. The third-order valence-corrected chi connectivity index (χ3v) is 4.77. The van der Waals surface area contributed by atoms with Crippen LogP contribution in [0.4, 0.5) is 13.2 Å². The van der Waals surface area contributed by atoms with Crippen LogP contribution < -0.4 is 5.32 Å². The fraction of sp³-hybridized carbons (Fsp3) is 0.625. The Kier molecular flexibility index (Phi) is 4.63. The molecule has 0 aliphatic carbocycles. The van der Waals surface area contributed by atoms with Crippen molar-refractivity contribution in [1.82, 2.24) is 10.2 Å². The van der Waals surface area contributed by atoms with E-state index in [9.17, 15) is 13.2 Å². The van der Waals surface area contributed by atoms with Gasteiger partial charge in [-0.25, -0.2) is 0 Å². The molecule has 0 saturated carbocycles. The molecule has 1 fully saturated rings. The molecule has 0 aromatic heterocycles. The highest BCUT2D eigenvalue weighted by molar-refractivity contribution is 5.26. The van der Waals surface area contributed by atoms with Crippen LogP contribution in [0, 0.1) is 0 Å². The van der Waals surface area contributed by atoms with Crippen LogP contribution in [0.5, 0.6) is 0 Å². The number of alkyl halides is 3. The molecule has 0 amide bonds. The summed E-state index contributed by atoms with van der Waals surface area (Å²) >= 11 is 0. The molecule has 2 nitrogen and oxygen atoms in total. The number of hydrogen-bond acceptors (Lipinski definition) is 2. The second kappa shape index (κ2) is 5.97. The Bertz CT molecular complexity index is 459. The summed E-state index contributed by atoms with van der Waals surface area (Å²) in [6.45, 7) is 6.19. The third kappa shape index (κ3) is 3.77. The molecular weight excluding hydrogens is 277 g/mol. The van der Waals surface area contributed by atoms with E-state index in [1.54, 1.807) is 12.1 Å². The summed E-state index contributed by atoms with van der Waals surface area (Å²) in [6, 6.07) is 5.69. The van der Waals surface area contributed by atoms with Gasteiger partial charge in [0.15, 0.2) is 0 Å². The van der Waals surface area contributed by atoms with Crippen molar-refractivity contribution >= 4 is 0 Å². The Morgan fingerprint density at radius 1 is 1.14 bits per heavy atom. The number of nitrogens with one attached hydrogen (secondary N) is 1. The Morgan fingerprint density at radius 3 is 2.10 bits per heavy atom. The van der Waals surface area contributed by atoms with Crippen LogP contribution in [-0.2, 0) is 6.18 Å². The van der Waals surface area contributed by atoms with Gasteiger partial charge in [-0.1, -0.05) is 12.1 Å². The van der Waals surface area contributed by atoms with Gasteiger partial charge in [0.25, 0.3) is 0 Å². The molecule has 0 radical (unpaired) electrons. The molecule has 1 atom stereocenters. The lowest BCUT2D eigenvalue weighted by atomic mass is 9.88. The maximum Gasteiger partial charge on any atom is 0.416 e. The van der Waals surface area contributed by atoms with E-state index in [2.05, 4.69) is 24.1 Å². The maximum atomic E-state index is 12.6. The Morgan fingerprint density at radius 2 is 1.67 bits per heavy atom. The summed E-state index contributed by atoms with van der Waals surface area (Å²) in [7, 11) is 1.98. The average molecular weight is 300 g/mol. The van der Waals surface area contributed by atoms with E-state index in [0.717, 1.165) is 31.5 Å². The lowest BCUT2D eigenvalue weighted by molar-refractivity contribution is -0.137. The first-order valence-electron chi connectivity index (χ1n) is 7.35. The minimum absolute atomic E-state index is 0.147. The third-order valence-electron chi connectivity index (χ3n) is 4.77. The largest absolute Gasteiger partial charge is 0.416 e. The molecule has 1 heterocycles. The lowest BCUT2D eigenvalue weighted by Gasteiger charge is -2.42. The molecular formula is C16H23F3N2. The monoisotopic (exact) mass is 300 g/mol. The van der Waals surface area contributed by atoms with Gasteiger partial charge in [0, 0.05) is 24.7 Å². The molecule has 1 aromatic rings. The Hall–Kier alpha value is -1.07. The van der Waals surface area contributed by atoms with Crippen LogP contribution in [0.2, 0.25) is 0 Å². The highest BCUT2D eigenvalue weighted by atomic mass is 19.4. The van der Waals surface area contributed by atoms with E-state index in [1.807, 2.05) is 7.05 Å². The topological polar surface area (TPSA) is 15.3 Å². The Balaban J connectivity index is 2.03. The van der Waals surface area contributed by atoms with Gasteiger partial charge in [-0.2, -0.15) is 13.2 Å². The summed E-state index contributed by atoms with van der Waals surface area (Å²) in [5, 5.41) is 3.35. The zero-order valence-corrected chi connectivity index (χ0v) is 12.8. The number of piperidine rings is 1. The standard InChI is InChI=1S/C16H23F3N2/c1-12(21-10-8-15(2,20-3)9-11-21)13-4-6-14(7-5-13)16(17,18)19/h4-7,12,20H,8-11H2,1-3H3. The number of benzene rings is 1. The molecule has 5 heteroatoms. The fourth-order valence-corrected chi connectivity index (χ4v) is 2.82. The molecule has 1 aliphatic rings. The van der Waals surface area contributed by atoms with E-state index >= 15 is 0 Å². The van der Waals surface area contributed by atoms with Crippen molar-refractivity contribution in [3.8, 4) is 0 Å². The van der Waals surface area contributed by atoms with Crippen LogP contribution in [0.15, 0.2) is 24.3 Å². The molecule has 2 rings (SSSR count). The van der Waals surface area contributed by atoms with Crippen LogP contribution >= 0.6 is 0 Å². The normalized spacial score (nSPS) is 21.2. The van der Waals surface area contributed by atoms with Crippen molar-refractivity contribution in [2.24, 2.45) is 0 Å². The number of halogens is 3. The molecule has 0 spiro atoms. The van der Waals surface area contributed by atoms with E-state index in [-0.39, 0.29) is 11.6 Å². The highest BCUT2D eigenvalue weighted by Crippen LogP contribution is 2.32. The molecule has 118 valence electrons. The van der Waals surface area contributed by atoms with Gasteiger partial charge in [-0.15, -0.1) is 0 Å². The molecule has 1 aromatic carbocycles. The second-order valence-electron chi connectivity index (χ2n) is 6.14. The van der Waals surface area contributed by atoms with Crippen LogP contribution in [0.1, 0.15) is 43.9 Å². The van der Waals surface area contributed by atoms with Gasteiger partial charge in [0.05, 0.1) is 5.56 Å². The lowest BCUT2D eigenvalue weighted by Crippen LogP contribution is -2.50. The summed E-state index contributed by atoms with van der Waals surface area (Å²) in [5.74, 6) is 0. The predicted octanol–water partition coefficient (Wildman–Crippen LogP) is 3.84. The van der Waals surface area contributed by atoms with E-state index in [4.69, 9.17) is 0 Å². The van der Waals surface area contributed by atoms with Crippen molar-refractivity contribution in [2.45, 2.75) is 44.4 Å². The summed E-state index contributed by atoms with van der Waals surface area (Å²) in [5.41, 5.74) is 0.534. The van der Waals surface area contributed by atoms with Gasteiger partial charge in [0.1, 0.15) is 0 Å². The van der Waals surface area contributed by atoms with E-state index in [1.165, 1.54) is 12.1 Å². The first kappa shape index (κ1) is 16.3. The first-order valence-corrected chi connectivity index (χ1v) is 7.35. The SMILES string of the molecule is CNC1(C)CCN(C(C)c2ccc(C(F)(F)F)cc2)CC1.